The highest BCUT2D eigenvalue weighted by molar-refractivity contribution is 5.95. The highest BCUT2D eigenvalue weighted by Crippen LogP contribution is 2.50. The van der Waals surface area contributed by atoms with Crippen molar-refractivity contribution in [1.29, 1.82) is 0 Å². The molecule has 0 aromatic heterocycles. The van der Waals surface area contributed by atoms with E-state index in [1.807, 2.05) is 56.3 Å². The zero-order valence-electron chi connectivity index (χ0n) is 19.3. The van der Waals surface area contributed by atoms with Gasteiger partial charge in [-0.3, -0.25) is 4.79 Å². The Hall–Kier alpha value is -2.20. The van der Waals surface area contributed by atoms with E-state index in [2.05, 4.69) is 20.8 Å². The summed E-state index contributed by atoms with van der Waals surface area (Å²) >= 11 is 0. The predicted molar refractivity (Wildman–Crippen MR) is 122 cm³/mol. The molecule has 2 aromatic carbocycles. The van der Waals surface area contributed by atoms with Gasteiger partial charge in [-0.15, -0.1) is 0 Å². The van der Waals surface area contributed by atoms with Gasteiger partial charge >= 0.3 is 5.97 Å². The fourth-order valence-electron chi connectivity index (χ4n) is 5.76. The lowest BCUT2D eigenvalue weighted by Gasteiger charge is -2.38. The Morgan fingerprint density at radius 2 is 1.81 bits per heavy atom. The number of ketones is 1. The number of carbonyl (C=O) groups is 2. The molecule has 4 heteroatoms. The molecule has 166 valence electrons. The lowest BCUT2D eigenvalue weighted by atomic mass is 9.75. The van der Waals surface area contributed by atoms with Crippen molar-refractivity contribution in [3.63, 3.8) is 0 Å². The van der Waals surface area contributed by atoms with Crippen LogP contribution in [0, 0.1) is 23.7 Å². The van der Waals surface area contributed by atoms with Crippen LogP contribution in [0.15, 0.2) is 42.5 Å². The van der Waals surface area contributed by atoms with Gasteiger partial charge in [-0.05, 0) is 61.4 Å². The molecule has 1 aliphatic heterocycles. The summed E-state index contributed by atoms with van der Waals surface area (Å²) in [6.07, 6.45) is 2.12. The topological polar surface area (TPSA) is 52.6 Å². The van der Waals surface area contributed by atoms with Crippen LogP contribution >= 0.6 is 0 Å². The maximum atomic E-state index is 13.0. The zero-order chi connectivity index (χ0) is 22.3. The van der Waals surface area contributed by atoms with Gasteiger partial charge in [-0.2, -0.15) is 0 Å². The minimum absolute atomic E-state index is 0.0236. The van der Waals surface area contributed by atoms with E-state index in [0.29, 0.717) is 23.8 Å². The third-order valence-corrected chi connectivity index (χ3v) is 7.66. The Labute approximate surface area is 185 Å². The molecule has 0 bridgehead atoms. The third-order valence-electron chi connectivity index (χ3n) is 7.66. The number of Topliss-reactive ketones (excluding diaryl/α,β-unsaturated/α-hetero) is 1. The summed E-state index contributed by atoms with van der Waals surface area (Å²) in [7, 11) is 0. The van der Waals surface area contributed by atoms with Crippen molar-refractivity contribution >= 4 is 22.5 Å². The van der Waals surface area contributed by atoms with Crippen molar-refractivity contribution in [3.05, 3.63) is 48.0 Å². The van der Waals surface area contributed by atoms with Gasteiger partial charge < -0.3 is 9.47 Å². The molecule has 0 N–H and O–H groups in total. The van der Waals surface area contributed by atoms with Gasteiger partial charge in [0.15, 0.2) is 5.78 Å². The number of esters is 1. The van der Waals surface area contributed by atoms with Crippen molar-refractivity contribution in [1.82, 2.24) is 0 Å². The molecule has 2 aromatic rings. The third kappa shape index (κ3) is 4.03. The number of hydrogen-bond donors (Lipinski definition) is 0. The molecule has 1 aliphatic carbocycles. The second kappa shape index (κ2) is 8.38. The van der Waals surface area contributed by atoms with E-state index in [1.54, 1.807) is 0 Å². The van der Waals surface area contributed by atoms with Crippen molar-refractivity contribution in [2.24, 2.45) is 23.7 Å². The van der Waals surface area contributed by atoms with E-state index in [0.717, 1.165) is 23.6 Å². The Morgan fingerprint density at radius 1 is 1.10 bits per heavy atom. The minimum atomic E-state index is -0.784. The van der Waals surface area contributed by atoms with E-state index < -0.39 is 5.60 Å². The van der Waals surface area contributed by atoms with Gasteiger partial charge in [0.2, 0.25) is 0 Å². The van der Waals surface area contributed by atoms with Crippen molar-refractivity contribution in [2.75, 3.05) is 0 Å². The number of benzene rings is 2. The molecular formula is C27H34O4. The summed E-state index contributed by atoms with van der Waals surface area (Å²) < 4.78 is 12.4. The lowest BCUT2D eigenvalue weighted by Crippen LogP contribution is -2.47. The first-order chi connectivity index (χ1) is 14.7. The van der Waals surface area contributed by atoms with Crippen LogP contribution in [0.3, 0.4) is 0 Å². The Balaban J connectivity index is 1.52. The second-order valence-electron chi connectivity index (χ2n) is 10.0. The Morgan fingerprint density at radius 3 is 2.48 bits per heavy atom. The first kappa shape index (κ1) is 22.0. The zero-order valence-corrected chi connectivity index (χ0v) is 19.3. The number of fused-ring (bicyclic) bond motifs is 1. The summed E-state index contributed by atoms with van der Waals surface area (Å²) in [5.74, 6) is 0.743. The first-order valence-electron chi connectivity index (χ1n) is 11.6. The Bertz CT molecular complexity index is 980. The molecule has 4 nitrogen and oxygen atoms in total. The van der Waals surface area contributed by atoms with E-state index >= 15 is 0 Å². The fourth-order valence-corrected chi connectivity index (χ4v) is 5.76. The SMILES string of the molecule is CC(C)C1CC(=O)C(C)(C2CCC(C)C2C(C)OC(=O)c2ccc3ccccc3c2)O1. The molecule has 1 saturated heterocycles. The van der Waals surface area contributed by atoms with E-state index in [4.69, 9.17) is 9.47 Å². The normalized spacial score (nSPS) is 32.0. The van der Waals surface area contributed by atoms with Gasteiger partial charge in [-0.1, -0.05) is 51.1 Å². The van der Waals surface area contributed by atoms with Crippen molar-refractivity contribution in [2.45, 2.75) is 71.7 Å². The van der Waals surface area contributed by atoms with E-state index in [9.17, 15) is 9.59 Å². The molecule has 2 aliphatic rings. The summed E-state index contributed by atoms with van der Waals surface area (Å²) in [5.41, 5.74) is -0.222. The maximum Gasteiger partial charge on any atom is 0.338 e. The lowest BCUT2D eigenvalue weighted by molar-refractivity contribution is -0.145. The first-order valence-corrected chi connectivity index (χ1v) is 11.6. The number of hydrogen-bond acceptors (Lipinski definition) is 4. The average molecular weight is 423 g/mol. The van der Waals surface area contributed by atoms with E-state index in [1.165, 1.54) is 0 Å². The van der Waals surface area contributed by atoms with Gasteiger partial charge in [-0.25, -0.2) is 4.79 Å². The monoisotopic (exact) mass is 422 g/mol. The minimum Gasteiger partial charge on any atom is -0.459 e. The van der Waals surface area contributed by atoms with Crippen LogP contribution in [-0.2, 0) is 14.3 Å². The standard InChI is InChI=1S/C27H34O4/c1-16(2)23-15-24(28)27(5,31-23)22-13-10-17(3)25(22)18(4)30-26(29)21-12-11-19-8-6-7-9-20(19)14-21/h6-9,11-12,14,16-18,22-23,25H,10,13,15H2,1-5H3. The molecule has 4 rings (SSSR count). The highest BCUT2D eigenvalue weighted by Gasteiger charge is 2.56. The predicted octanol–water partition coefficient (Wildman–Crippen LogP) is 5.82. The molecule has 0 amide bonds. The fraction of sp³-hybridized carbons (Fsp3) is 0.556. The molecule has 1 heterocycles. The van der Waals surface area contributed by atoms with Gasteiger partial charge in [0.25, 0.3) is 0 Å². The van der Waals surface area contributed by atoms with Crippen molar-refractivity contribution in [3.8, 4) is 0 Å². The molecule has 6 unspecified atom stereocenters. The molecule has 1 saturated carbocycles. The Kier molecular flexibility index (Phi) is 5.95. The smallest absolute Gasteiger partial charge is 0.338 e. The van der Waals surface area contributed by atoms with Crippen LogP contribution in [0.1, 0.15) is 64.2 Å². The van der Waals surface area contributed by atoms with Crippen LogP contribution in [0.25, 0.3) is 10.8 Å². The maximum absolute atomic E-state index is 13.0. The molecule has 6 atom stereocenters. The van der Waals surface area contributed by atoms with E-state index in [-0.39, 0.29) is 35.8 Å². The summed E-state index contributed by atoms with van der Waals surface area (Å²) in [6, 6.07) is 13.6. The number of ether oxygens (including phenoxy) is 2. The molecule has 0 spiro atoms. The highest BCUT2D eigenvalue weighted by atomic mass is 16.5. The second-order valence-corrected chi connectivity index (χ2v) is 10.0. The molecular weight excluding hydrogens is 388 g/mol. The van der Waals surface area contributed by atoms with Gasteiger partial charge in [0.1, 0.15) is 11.7 Å². The van der Waals surface area contributed by atoms with Crippen molar-refractivity contribution < 1.29 is 19.1 Å². The summed E-state index contributed by atoms with van der Waals surface area (Å²) in [5, 5.41) is 2.12. The largest absolute Gasteiger partial charge is 0.459 e. The molecule has 0 radical (unpaired) electrons. The van der Waals surface area contributed by atoms with Crippen LogP contribution in [0.4, 0.5) is 0 Å². The molecule has 31 heavy (non-hydrogen) atoms. The summed E-state index contributed by atoms with van der Waals surface area (Å²) in [6.45, 7) is 10.3. The summed E-state index contributed by atoms with van der Waals surface area (Å²) in [4.78, 5) is 26.0. The van der Waals surface area contributed by atoms with Crippen LogP contribution in [0.2, 0.25) is 0 Å². The number of carbonyl (C=O) groups excluding carboxylic acids is 2. The average Bonchev–Trinajstić information content (AvgIpc) is 3.28. The molecule has 2 fully saturated rings. The quantitative estimate of drug-likeness (QED) is 0.570. The van der Waals surface area contributed by atoms with Gasteiger partial charge in [0, 0.05) is 18.3 Å². The van der Waals surface area contributed by atoms with Crippen LogP contribution < -0.4 is 0 Å². The van der Waals surface area contributed by atoms with Gasteiger partial charge in [0.05, 0.1) is 11.7 Å². The number of rotatable bonds is 5. The van der Waals surface area contributed by atoms with Crippen LogP contribution in [0.5, 0.6) is 0 Å². The van der Waals surface area contributed by atoms with Crippen LogP contribution in [-0.4, -0.2) is 29.6 Å².